The van der Waals surface area contributed by atoms with Gasteiger partial charge < -0.3 is 9.47 Å². The maximum absolute atomic E-state index is 11.7. The number of ether oxygens (including phenoxy) is 2. The lowest BCUT2D eigenvalue weighted by atomic mass is 9.99. The molecular formula is C20H38O4. The summed E-state index contributed by atoms with van der Waals surface area (Å²) in [7, 11) is 0. The molecule has 0 amide bonds. The van der Waals surface area contributed by atoms with Gasteiger partial charge in [-0.15, -0.1) is 0 Å². The molecule has 0 N–H and O–H groups in total. The second-order valence-corrected chi connectivity index (χ2v) is 7.78. The van der Waals surface area contributed by atoms with Crippen molar-refractivity contribution in [3.63, 3.8) is 0 Å². The third kappa shape index (κ3) is 15.8. The summed E-state index contributed by atoms with van der Waals surface area (Å²) in [6, 6.07) is 0. The number of hydrogen-bond acceptors (Lipinski definition) is 4. The van der Waals surface area contributed by atoms with Crippen molar-refractivity contribution in [2.45, 2.75) is 104 Å². The molecule has 0 bridgehead atoms. The number of esters is 2. The van der Waals surface area contributed by atoms with Gasteiger partial charge in [-0.1, -0.05) is 52.4 Å². The zero-order valence-corrected chi connectivity index (χ0v) is 16.5. The van der Waals surface area contributed by atoms with Crippen molar-refractivity contribution in [2.75, 3.05) is 6.61 Å². The molecule has 1 atom stereocenters. The lowest BCUT2D eigenvalue weighted by Gasteiger charge is -2.20. The van der Waals surface area contributed by atoms with E-state index in [-0.39, 0.29) is 11.9 Å². The molecule has 0 radical (unpaired) electrons. The average Bonchev–Trinajstić information content (AvgIpc) is 2.45. The number of unbranched alkanes of at least 4 members (excludes halogenated alkanes) is 5. The molecule has 0 aromatic carbocycles. The van der Waals surface area contributed by atoms with Gasteiger partial charge in [0, 0.05) is 12.8 Å². The zero-order valence-electron chi connectivity index (χ0n) is 16.5. The lowest BCUT2D eigenvalue weighted by molar-refractivity contribution is -0.156. The number of carbonyl (C=O) groups is 2. The van der Waals surface area contributed by atoms with Crippen LogP contribution in [0.4, 0.5) is 0 Å². The Kier molecular flexibility index (Phi) is 12.7. The summed E-state index contributed by atoms with van der Waals surface area (Å²) in [4.78, 5) is 23.2. The van der Waals surface area contributed by atoms with Crippen molar-refractivity contribution in [2.24, 2.45) is 5.92 Å². The SMILES string of the molecule is CCCCCOC(=O)CCCCCCC(C)CC(=O)OC(C)(C)C. The number of carbonyl (C=O) groups excluding carboxylic acids is 2. The van der Waals surface area contributed by atoms with Crippen LogP contribution in [-0.4, -0.2) is 24.1 Å². The minimum atomic E-state index is -0.401. The van der Waals surface area contributed by atoms with Gasteiger partial charge in [0.2, 0.25) is 0 Å². The van der Waals surface area contributed by atoms with Gasteiger partial charge in [-0.25, -0.2) is 0 Å². The minimum Gasteiger partial charge on any atom is -0.466 e. The van der Waals surface area contributed by atoms with Gasteiger partial charge in [0.15, 0.2) is 0 Å². The third-order valence-corrected chi connectivity index (χ3v) is 3.77. The van der Waals surface area contributed by atoms with E-state index in [1.807, 2.05) is 20.8 Å². The lowest BCUT2D eigenvalue weighted by Crippen LogP contribution is -2.24. The van der Waals surface area contributed by atoms with Crippen molar-refractivity contribution < 1.29 is 19.1 Å². The van der Waals surface area contributed by atoms with Gasteiger partial charge in [0.05, 0.1) is 6.61 Å². The Labute approximate surface area is 148 Å². The molecule has 0 saturated carbocycles. The molecule has 0 spiro atoms. The largest absolute Gasteiger partial charge is 0.466 e. The van der Waals surface area contributed by atoms with E-state index in [1.165, 1.54) is 0 Å². The van der Waals surface area contributed by atoms with E-state index in [4.69, 9.17) is 9.47 Å². The maximum atomic E-state index is 11.7. The first-order chi connectivity index (χ1) is 11.2. The van der Waals surface area contributed by atoms with Gasteiger partial charge in [0.25, 0.3) is 0 Å². The predicted molar refractivity (Wildman–Crippen MR) is 97.8 cm³/mol. The summed E-state index contributed by atoms with van der Waals surface area (Å²) < 4.78 is 10.5. The van der Waals surface area contributed by atoms with E-state index >= 15 is 0 Å². The molecule has 0 heterocycles. The van der Waals surface area contributed by atoms with Gasteiger partial charge in [-0.05, 0) is 39.5 Å². The first-order valence-electron chi connectivity index (χ1n) is 9.62. The minimum absolute atomic E-state index is 0.0654. The molecule has 0 aliphatic carbocycles. The first-order valence-corrected chi connectivity index (χ1v) is 9.62. The molecule has 24 heavy (non-hydrogen) atoms. The van der Waals surface area contributed by atoms with Crippen LogP contribution in [0, 0.1) is 5.92 Å². The molecule has 0 aromatic heterocycles. The molecule has 0 aliphatic rings. The molecule has 0 aliphatic heterocycles. The van der Waals surface area contributed by atoms with Crippen LogP contribution in [0.25, 0.3) is 0 Å². The van der Waals surface area contributed by atoms with E-state index in [9.17, 15) is 9.59 Å². The Balaban J connectivity index is 3.52. The second-order valence-electron chi connectivity index (χ2n) is 7.78. The molecule has 4 nitrogen and oxygen atoms in total. The number of rotatable bonds is 13. The highest BCUT2D eigenvalue weighted by molar-refractivity contribution is 5.70. The number of hydrogen-bond donors (Lipinski definition) is 0. The summed E-state index contributed by atoms with van der Waals surface area (Å²) in [5.41, 5.74) is -0.401. The van der Waals surface area contributed by atoms with Crippen LogP contribution >= 0.6 is 0 Å². The molecule has 1 unspecified atom stereocenters. The van der Waals surface area contributed by atoms with Crippen molar-refractivity contribution in [1.29, 1.82) is 0 Å². The summed E-state index contributed by atoms with van der Waals surface area (Å²) >= 11 is 0. The van der Waals surface area contributed by atoms with Gasteiger partial charge >= 0.3 is 11.9 Å². The van der Waals surface area contributed by atoms with Crippen LogP contribution in [0.2, 0.25) is 0 Å². The van der Waals surface area contributed by atoms with Gasteiger partial charge in [0.1, 0.15) is 5.60 Å². The van der Waals surface area contributed by atoms with Crippen LogP contribution in [0.3, 0.4) is 0 Å². The molecule has 4 heteroatoms. The summed E-state index contributed by atoms with van der Waals surface area (Å²) in [5, 5.41) is 0. The summed E-state index contributed by atoms with van der Waals surface area (Å²) in [5.74, 6) is 0.175. The fourth-order valence-corrected chi connectivity index (χ4v) is 2.50. The van der Waals surface area contributed by atoms with Crippen LogP contribution < -0.4 is 0 Å². The van der Waals surface area contributed by atoms with Crippen molar-refractivity contribution in [1.82, 2.24) is 0 Å². The van der Waals surface area contributed by atoms with Crippen LogP contribution in [0.5, 0.6) is 0 Å². The van der Waals surface area contributed by atoms with E-state index in [0.29, 0.717) is 25.4 Å². The van der Waals surface area contributed by atoms with E-state index < -0.39 is 5.60 Å². The molecule has 0 aromatic rings. The van der Waals surface area contributed by atoms with Crippen LogP contribution in [-0.2, 0) is 19.1 Å². The fraction of sp³-hybridized carbons (Fsp3) is 0.900. The highest BCUT2D eigenvalue weighted by atomic mass is 16.6. The summed E-state index contributed by atoms with van der Waals surface area (Å²) in [6.45, 7) is 10.5. The fourth-order valence-electron chi connectivity index (χ4n) is 2.50. The molecule has 142 valence electrons. The molecule has 0 fully saturated rings. The third-order valence-electron chi connectivity index (χ3n) is 3.77. The van der Waals surface area contributed by atoms with E-state index in [1.54, 1.807) is 0 Å². The molecular weight excluding hydrogens is 304 g/mol. The average molecular weight is 343 g/mol. The smallest absolute Gasteiger partial charge is 0.306 e. The van der Waals surface area contributed by atoms with Crippen molar-refractivity contribution in [3.8, 4) is 0 Å². The van der Waals surface area contributed by atoms with E-state index in [2.05, 4.69) is 13.8 Å². The zero-order chi connectivity index (χ0) is 18.4. The Hall–Kier alpha value is -1.06. The normalized spacial score (nSPS) is 12.7. The molecule has 0 rings (SSSR count). The monoisotopic (exact) mass is 342 g/mol. The van der Waals surface area contributed by atoms with Crippen LogP contribution in [0.1, 0.15) is 98.8 Å². The maximum Gasteiger partial charge on any atom is 0.306 e. The Morgan fingerprint density at radius 2 is 1.58 bits per heavy atom. The van der Waals surface area contributed by atoms with Crippen molar-refractivity contribution in [3.05, 3.63) is 0 Å². The second kappa shape index (κ2) is 13.3. The standard InChI is InChI=1S/C20H38O4/c1-6-7-12-15-23-18(21)14-11-9-8-10-13-17(2)16-19(22)24-20(3,4)5/h17H,6-16H2,1-5H3. The molecule has 0 saturated heterocycles. The van der Waals surface area contributed by atoms with Gasteiger partial charge in [-0.2, -0.15) is 0 Å². The Morgan fingerprint density at radius 3 is 2.21 bits per heavy atom. The van der Waals surface area contributed by atoms with Crippen molar-refractivity contribution >= 4 is 11.9 Å². The predicted octanol–water partition coefficient (Wildman–Crippen LogP) is 5.43. The highest BCUT2D eigenvalue weighted by Gasteiger charge is 2.18. The highest BCUT2D eigenvalue weighted by Crippen LogP contribution is 2.17. The quantitative estimate of drug-likeness (QED) is 0.331. The summed E-state index contributed by atoms with van der Waals surface area (Å²) in [6.07, 6.45) is 9.41. The van der Waals surface area contributed by atoms with Crippen LogP contribution in [0.15, 0.2) is 0 Å². The Morgan fingerprint density at radius 1 is 0.917 bits per heavy atom. The van der Waals surface area contributed by atoms with Gasteiger partial charge in [-0.3, -0.25) is 9.59 Å². The Bertz CT molecular complexity index is 344. The first kappa shape index (κ1) is 22.9. The van der Waals surface area contributed by atoms with E-state index in [0.717, 1.165) is 51.4 Å². The topological polar surface area (TPSA) is 52.6 Å².